The van der Waals surface area contributed by atoms with Crippen molar-refractivity contribution < 1.29 is 9.47 Å². The first kappa shape index (κ1) is 15.3. The van der Waals surface area contributed by atoms with Crippen molar-refractivity contribution in [2.24, 2.45) is 11.7 Å². The molecular formula is C17H27NO2. The van der Waals surface area contributed by atoms with Crippen LogP contribution in [0.5, 0.6) is 5.75 Å². The zero-order valence-electron chi connectivity index (χ0n) is 12.7. The highest BCUT2D eigenvalue weighted by Gasteiger charge is 2.22. The minimum Gasteiger partial charge on any atom is -0.493 e. The van der Waals surface area contributed by atoms with Crippen LogP contribution in [0, 0.1) is 5.92 Å². The van der Waals surface area contributed by atoms with Crippen LogP contribution >= 0.6 is 0 Å². The Kier molecular flexibility index (Phi) is 5.86. The van der Waals surface area contributed by atoms with Crippen molar-refractivity contribution >= 4 is 0 Å². The van der Waals surface area contributed by atoms with Crippen molar-refractivity contribution in [2.45, 2.75) is 52.2 Å². The maximum atomic E-state index is 6.04. The lowest BCUT2D eigenvalue weighted by molar-refractivity contribution is 0.130. The first-order valence-corrected chi connectivity index (χ1v) is 7.80. The van der Waals surface area contributed by atoms with E-state index in [1.54, 1.807) is 0 Å². The Labute approximate surface area is 122 Å². The molecule has 1 aliphatic carbocycles. The fourth-order valence-electron chi connectivity index (χ4n) is 2.16. The van der Waals surface area contributed by atoms with E-state index < -0.39 is 0 Å². The molecule has 112 valence electrons. The van der Waals surface area contributed by atoms with Gasteiger partial charge in [0.15, 0.2) is 0 Å². The predicted octanol–water partition coefficient (Wildman–Crippen LogP) is 3.29. The maximum absolute atomic E-state index is 6.04. The molecule has 1 aliphatic rings. The van der Waals surface area contributed by atoms with Crippen molar-refractivity contribution in [3.63, 3.8) is 0 Å². The van der Waals surface area contributed by atoms with Gasteiger partial charge in [-0.15, -0.1) is 0 Å². The largest absolute Gasteiger partial charge is 0.493 e. The van der Waals surface area contributed by atoms with Gasteiger partial charge in [-0.05, 0) is 56.2 Å². The van der Waals surface area contributed by atoms with Crippen LogP contribution in [0.15, 0.2) is 18.2 Å². The highest BCUT2D eigenvalue weighted by molar-refractivity contribution is 5.37. The summed E-state index contributed by atoms with van der Waals surface area (Å²) in [5, 5.41) is 0. The average molecular weight is 277 g/mol. The van der Waals surface area contributed by atoms with E-state index in [1.807, 2.05) is 6.92 Å². The van der Waals surface area contributed by atoms with Crippen molar-refractivity contribution in [2.75, 3.05) is 13.2 Å². The van der Waals surface area contributed by atoms with E-state index in [2.05, 4.69) is 25.1 Å². The van der Waals surface area contributed by atoms with Crippen LogP contribution in [0.2, 0.25) is 0 Å². The Hall–Kier alpha value is -1.06. The highest BCUT2D eigenvalue weighted by atomic mass is 16.5. The van der Waals surface area contributed by atoms with E-state index >= 15 is 0 Å². The molecule has 0 spiro atoms. The summed E-state index contributed by atoms with van der Waals surface area (Å²) < 4.78 is 11.5. The Morgan fingerprint density at radius 1 is 1.30 bits per heavy atom. The van der Waals surface area contributed by atoms with Gasteiger partial charge in [-0.2, -0.15) is 0 Å². The topological polar surface area (TPSA) is 44.5 Å². The van der Waals surface area contributed by atoms with E-state index in [0.29, 0.717) is 6.61 Å². The second-order valence-corrected chi connectivity index (χ2v) is 5.71. The summed E-state index contributed by atoms with van der Waals surface area (Å²) in [6.45, 7) is 6.32. The summed E-state index contributed by atoms with van der Waals surface area (Å²) in [7, 11) is 0. The second-order valence-electron chi connectivity index (χ2n) is 5.71. The van der Waals surface area contributed by atoms with Crippen molar-refractivity contribution in [3.8, 4) is 5.75 Å². The van der Waals surface area contributed by atoms with E-state index in [4.69, 9.17) is 15.2 Å². The fourth-order valence-corrected chi connectivity index (χ4v) is 2.16. The number of ether oxygens (including phenoxy) is 2. The van der Waals surface area contributed by atoms with Gasteiger partial charge in [0.2, 0.25) is 0 Å². The standard InChI is InChI=1S/C17H27NO2/c1-3-16(18)10-14-7-8-17(20-11-13-5-6-13)15(9-14)12-19-4-2/h7-9,13,16H,3-6,10-12,18H2,1-2H3. The molecule has 3 nitrogen and oxygen atoms in total. The van der Waals surface area contributed by atoms with Gasteiger partial charge < -0.3 is 15.2 Å². The van der Waals surface area contributed by atoms with Gasteiger partial charge in [-0.1, -0.05) is 13.0 Å². The van der Waals surface area contributed by atoms with E-state index in [9.17, 15) is 0 Å². The number of hydrogen-bond acceptors (Lipinski definition) is 3. The minimum atomic E-state index is 0.230. The van der Waals surface area contributed by atoms with Crippen LogP contribution in [0.4, 0.5) is 0 Å². The van der Waals surface area contributed by atoms with Gasteiger partial charge in [0.25, 0.3) is 0 Å². The summed E-state index contributed by atoms with van der Waals surface area (Å²) in [6, 6.07) is 6.63. The number of rotatable bonds is 9. The Morgan fingerprint density at radius 3 is 2.75 bits per heavy atom. The average Bonchev–Trinajstić information content (AvgIpc) is 3.28. The zero-order valence-corrected chi connectivity index (χ0v) is 12.7. The van der Waals surface area contributed by atoms with Crippen LogP contribution in [0.25, 0.3) is 0 Å². The van der Waals surface area contributed by atoms with E-state index in [0.717, 1.165) is 43.3 Å². The summed E-state index contributed by atoms with van der Waals surface area (Å²) in [5.41, 5.74) is 8.46. The van der Waals surface area contributed by atoms with E-state index in [1.165, 1.54) is 18.4 Å². The lowest BCUT2D eigenvalue weighted by atomic mass is 10.0. The molecule has 0 radical (unpaired) electrons. The SMILES string of the molecule is CCOCc1cc(CC(N)CC)ccc1OCC1CC1. The van der Waals surface area contributed by atoms with Gasteiger partial charge in [-0.25, -0.2) is 0 Å². The molecule has 1 aromatic rings. The molecule has 0 heterocycles. The van der Waals surface area contributed by atoms with Crippen LogP contribution in [-0.4, -0.2) is 19.3 Å². The summed E-state index contributed by atoms with van der Waals surface area (Å²) in [5.74, 6) is 1.74. The van der Waals surface area contributed by atoms with Crippen LogP contribution in [-0.2, 0) is 17.8 Å². The minimum absolute atomic E-state index is 0.230. The maximum Gasteiger partial charge on any atom is 0.124 e. The van der Waals surface area contributed by atoms with Gasteiger partial charge in [-0.3, -0.25) is 0 Å². The number of nitrogens with two attached hydrogens (primary N) is 1. The fraction of sp³-hybridized carbons (Fsp3) is 0.647. The quantitative estimate of drug-likeness (QED) is 0.753. The third-order valence-electron chi connectivity index (χ3n) is 3.78. The molecule has 2 rings (SSSR count). The molecular weight excluding hydrogens is 250 g/mol. The molecule has 0 aliphatic heterocycles. The van der Waals surface area contributed by atoms with Crippen LogP contribution in [0.1, 0.15) is 44.2 Å². The monoisotopic (exact) mass is 277 g/mol. The number of hydrogen-bond donors (Lipinski definition) is 1. The summed E-state index contributed by atoms with van der Waals surface area (Å²) >= 11 is 0. The van der Waals surface area contributed by atoms with E-state index in [-0.39, 0.29) is 6.04 Å². The van der Waals surface area contributed by atoms with Crippen molar-refractivity contribution in [1.29, 1.82) is 0 Å². The smallest absolute Gasteiger partial charge is 0.124 e. The molecule has 1 unspecified atom stereocenters. The number of benzene rings is 1. The molecule has 0 saturated heterocycles. The molecule has 1 atom stereocenters. The Morgan fingerprint density at radius 2 is 2.10 bits per heavy atom. The summed E-state index contributed by atoms with van der Waals surface area (Å²) in [4.78, 5) is 0. The molecule has 0 amide bonds. The molecule has 0 aromatic heterocycles. The highest BCUT2D eigenvalue weighted by Crippen LogP contribution is 2.31. The van der Waals surface area contributed by atoms with Gasteiger partial charge in [0.05, 0.1) is 13.2 Å². The molecule has 20 heavy (non-hydrogen) atoms. The van der Waals surface area contributed by atoms with Crippen molar-refractivity contribution in [3.05, 3.63) is 29.3 Å². The Bertz CT molecular complexity index is 415. The molecule has 3 heteroatoms. The third kappa shape index (κ3) is 4.80. The molecule has 2 N–H and O–H groups in total. The normalized spacial score (nSPS) is 16.1. The lowest BCUT2D eigenvalue weighted by Crippen LogP contribution is -2.21. The van der Waals surface area contributed by atoms with Gasteiger partial charge >= 0.3 is 0 Å². The predicted molar refractivity (Wildman–Crippen MR) is 82.0 cm³/mol. The summed E-state index contributed by atoms with van der Waals surface area (Å²) in [6.07, 6.45) is 4.54. The van der Waals surface area contributed by atoms with Crippen molar-refractivity contribution in [1.82, 2.24) is 0 Å². The van der Waals surface area contributed by atoms with Gasteiger partial charge in [0, 0.05) is 18.2 Å². The molecule has 1 fully saturated rings. The molecule has 1 aromatic carbocycles. The first-order valence-electron chi connectivity index (χ1n) is 7.80. The second kappa shape index (κ2) is 7.65. The Balaban J connectivity index is 2.04. The van der Waals surface area contributed by atoms with Crippen LogP contribution in [0.3, 0.4) is 0 Å². The van der Waals surface area contributed by atoms with Gasteiger partial charge in [0.1, 0.15) is 5.75 Å². The van der Waals surface area contributed by atoms with Crippen LogP contribution < -0.4 is 10.5 Å². The molecule has 1 saturated carbocycles. The lowest BCUT2D eigenvalue weighted by Gasteiger charge is -2.15. The first-order chi connectivity index (χ1) is 9.72. The zero-order chi connectivity index (χ0) is 14.4. The molecule has 0 bridgehead atoms. The third-order valence-corrected chi connectivity index (χ3v) is 3.78.